The zero-order valence-electron chi connectivity index (χ0n) is 21.2. The van der Waals surface area contributed by atoms with Crippen LogP contribution in [0.25, 0.3) is 0 Å². The van der Waals surface area contributed by atoms with Crippen LogP contribution in [-0.4, -0.2) is 23.1 Å². The van der Waals surface area contributed by atoms with Crippen LogP contribution in [0, 0.1) is 28.1 Å². The predicted molar refractivity (Wildman–Crippen MR) is 130 cm³/mol. The van der Waals surface area contributed by atoms with Crippen molar-refractivity contribution in [3.05, 3.63) is 47.1 Å². The Labute approximate surface area is 198 Å². The molecular formula is C29H38O4. The molecule has 0 saturated heterocycles. The second-order valence-corrected chi connectivity index (χ2v) is 11.4. The van der Waals surface area contributed by atoms with E-state index in [0.717, 1.165) is 30.4 Å². The SMILES string of the molecule is CC(=O)/C=C\C(=O)/C(C)=C/C=C/C(C)=C1\C(=O)C[C@H]2[C@@]3(C)CCC(=O)C(C)(C)C3CC[C@]12C. The minimum atomic E-state index is -0.329. The molecule has 0 bridgehead atoms. The molecule has 4 heteroatoms. The highest BCUT2D eigenvalue weighted by Crippen LogP contribution is 2.68. The molecule has 0 heterocycles. The lowest BCUT2D eigenvalue weighted by molar-refractivity contribution is -0.154. The molecule has 0 spiro atoms. The van der Waals surface area contributed by atoms with Gasteiger partial charge in [0.05, 0.1) is 0 Å². The summed E-state index contributed by atoms with van der Waals surface area (Å²) in [5, 5.41) is 0. The van der Waals surface area contributed by atoms with E-state index in [4.69, 9.17) is 0 Å². The van der Waals surface area contributed by atoms with Crippen molar-refractivity contribution in [2.75, 3.05) is 0 Å². The van der Waals surface area contributed by atoms with Gasteiger partial charge in [-0.25, -0.2) is 0 Å². The van der Waals surface area contributed by atoms with Gasteiger partial charge >= 0.3 is 0 Å². The van der Waals surface area contributed by atoms with Crippen molar-refractivity contribution >= 4 is 23.1 Å². The summed E-state index contributed by atoms with van der Waals surface area (Å²) in [6.07, 6.45) is 11.9. The Kier molecular flexibility index (Phi) is 6.72. The molecule has 0 aromatic carbocycles. The monoisotopic (exact) mass is 450 g/mol. The lowest BCUT2D eigenvalue weighted by atomic mass is 9.43. The van der Waals surface area contributed by atoms with Gasteiger partial charge in [0.15, 0.2) is 17.3 Å². The average Bonchev–Trinajstić information content (AvgIpc) is 3.00. The standard InChI is InChI=1S/C29H38O4/c1-18(21(31)12-11-20(3)30)9-8-10-19(2)26-22(32)17-24-28(6)16-14-25(33)27(4,5)23(28)13-15-29(24,26)7/h8-12,23-24H,13-17H2,1-7H3/b10-8+,12-11-,18-9+,26-19+/t23?,24-,28-,29-/m0/s1. The lowest BCUT2D eigenvalue weighted by Gasteiger charge is -2.60. The van der Waals surface area contributed by atoms with E-state index in [-0.39, 0.29) is 39.5 Å². The Morgan fingerprint density at radius 2 is 1.58 bits per heavy atom. The van der Waals surface area contributed by atoms with Crippen molar-refractivity contribution < 1.29 is 19.2 Å². The molecule has 3 aliphatic rings. The van der Waals surface area contributed by atoms with E-state index in [1.54, 1.807) is 13.0 Å². The van der Waals surface area contributed by atoms with Crippen molar-refractivity contribution in [2.45, 2.75) is 80.6 Å². The number of hydrogen-bond acceptors (Lipinski definition) is 4. The van der Waals surface area contributed by atoms with E-state index in [0.29, 0.717) is 30.1 Å². The van der Waals surface area contributed by atoms with Crippen molar-refractivity contribution in [2.24, 2.45) is 28.1 Å². The molecule has 4 nitrogen and oxygen atoms in total. The quantitative estimate of drug-likeness (QED) is 0.385. The fourth-order valence-electron chi connectivity index (χ4n) is 7.21. The summed E-state index contributed by atoms with van der Waals surface area (Å²) >= 11 is 0. The van der Waals surface area contributed by atoms with Crippen molar-refractivity contribution in [3.63, 3.8) is 0 Å². The highest BCUT2D eigenvalue weighted by Gasteiger charge is 2.64. The molecule has 4 atom stereocenters. The summed E-state index contributed by atoms with van der Waals surface area (Å²) in [5.74, 6) is 0.781. The summed E-state index contributed by atoms with van der Waals surface area (Å²) in [6.45, 7) is 13.9. The van der Waals surface area contributed by atoms with E-state index in [9.17, 15) is 19.2 Å². The van der Waals surface area contributed by atoms with Gasteiger partial charge in [-0.05, 0) is 80.6 Å². The highest BCUT2D eigenvalue weighted by atomic mass is 16.1. The van der Waals surface area contributed by atoms with Crippen molar-refractivity contribution in [3.8, 4) is 0 Å². The molecule has 1 unspecified atom stereocenters. The van der Waals surface area contributed by atoms with E-state index < -0.39 is 0 Å². The first-order valence-corrected chi connectivity index (χ1v) is 12.1. The van der Waals surface area contributed by atoms with Gasteiger partial charge in [-0.3, -0.25) is 19.2 Å². The molecule has 178 valence electrons. The van der Waals surface area contributed by atoms with Crippen LogP contribution in [0.3, 0.4) is 0 Å². The maximum Gasteiger partial charge on any atom is 0.181 e. The van der Waals surface area contributed by atoms with Crippen LogP contribution < -0.4 is 0 Å². The van der Waals surface area contributed by atoms with Gasteiger partial charge in [-0.1, -0.05) is 45.9 Å². The molecule has 3 fully saturated rings. The highest BCUT2D eigenvalue weighted by molar-refractivity contribution is 6.07. The molecule has 0 aromatic rings. The topological polar surface area (TPSA) is 68.3 Å². The summed E-state index contributed by atoms with van der Waals surface area (Å²) in [4.78, 5) is 49.1. The van der Waals surface area contributed by atoms with Crippen LogP contribution in [-0.2, 0) is 19.2 Å². The molecule has 33 heavy (non-hydrogen) atoms. The lowest BCUT2D eigenvalue weighted by Crippen LogP contribution is -2.56. The first-order valence-electron chi connectivity index (χ1n) is 12.1. The molecule has 0 amide bonds. The number of rotatable bonds is 5. The van der Waals surface area contributed by atoms with E-state index in [2.05, 4.69) is 27.7 Å². The summed E-state index contributed by atoms with van der Waals surface area (Å²) in [7, 11) is 0. The minimum absolute atomic E-state index is 0.0161. The number of carbonyl (C=O) groups is 4. The number of ketones is 4. The van der Waals surface area contributed by atoms with Gasteiger partial charge in [0.25, 0.3) is 0 Å². The van der Waals surface area contributed by atoms with Crippen LogP contribution in [0.4, 0.5) is 0 Å². The van der Waals surface area contributed by atoms with Gasteiger partial charge in [0.2, 0.25) is 0 Å². The second-order valence-electron chi connectivity index (χ2n) is 11.4. The van der Waals surface area contributed by atoms with Crippen LogP contribution in [0.2, 0.25) is 0 Å². The van der Waals surface area contributed by atoms with Gasteiger partial charge in [0, 0.05) is 29.2 Å². The summed E-state index contributed by atoms with van der Waals surface area (Å²) < 4.78 is 0. The molecular weight excluding hydrogens is 412 g/mol. The minimum Gasteiger partial charge on any atom is -0.299 e. The molecule has 3 aliphatic carbocycles. The summed E-state index contributed by atoms with van der Waals surface area (Å²) in [6, 6.07) is 0. The van der Waals surface area contributed by atoms with Crippen molar-refractivity contribution in [1.29, 1.82) is 0 Å². The fraction of sp³-hybridized carbons (Fsp3) is 0.586. The van der Waals surface area contributed by atoms with Gasteiger partial charge in [-0.15, -0.1) is 0 Å². The Morgan fingerprint density at radius 3 is 2.21 bits per heavy atom. The summed E-state index contributed by atoms with van der Waals surface area (Å²) in [5.41, 5.74) is 1.88. The van der Waals surface area contributed by atoms with Crippen molar-refractivity contribution in [1.82, 2.24) is 0 Å². The van der Waals surface area contributed by atoms with E-state index >= 15 is 0 Å². The number of carbonyl (C=O) groups excluding carboxylic acids is 4. The van der Waals surface area contributed by atoms with E-state index in [1.807, 2.05) is 19.1 Å². The van der Waals surface area contributed by atoms with Gasteiger partial charge in [-0.2, -0.15) is 0 Å². The first-order chi connectivity index (χ1) is 15.2. The third-order valence-electron chi connectivity index (χ3n) is 8.98. The molecule has 0 radical (unpaired) electrons. The zero-order valence-corrected chi connectivity index (χ0v) is 21.2. The largest absolute Gasteiger partial charge is 0.299 e. The average molecular weight is 451 g/mol. The smallest absolute Gasteiger partial charge is 0.181 e. The van der Waals surface area contributed by atoms with Gasteiger partial charge in [0.1, 0.15) is 5.78 Å². The first kappa shape index (κ1) is 25.3. The van der Waals surface area contributed by atoms with Crippen LogP contribution in [0.15, 0.2) is 47.1 Å². The Morgan fingerprint density at radius 1 is 0.909 bits per heavy atom. The second kappa shape index (κ2) is 8.77. The Hall–Kier alpha value is -2.36. The predicted octanol–water partition coefficient (Wildman–Crippen LogP) is 5.92. The maximum atomic E-state index is 13.3. The maximum absolute atomic E-state index is 13.3. The molecule has 3 saturated carbocycles. The Balaban J connectivity index is 1.90. The Bertz CT molecular complexity index is 1020. The third-order valence-corrected chi connectivity index (χ3v) is 8.98. The number of fused-ring (bicyclic) bond motifs is 3. The number of Topliss-reactive ketones (excluding diaryl/α,β-unsaturated/α-hetero) is 2. The zero-order chi connectivity index (χ0) is 24.8. The molecule has 0 N–H and O–H groups in total. The molecule has 0 aromatic heterocycles. The molecule has 3 rings (SSSR count). The van der Waals surface area contributed by atoms with Crippen LogP contribution in [0.1, 0.15) is 80.6 Å². The number of hydrogen-bond donors (Lipinski definition) is 0. The number of allylic oxidation sites excluding steroid dienone is 8. The van der Waals surface area contributed by atoms with Gasteiger partial charge < -0.3 is 0 Å². The fourth-order valence-corrected chi connectivity index (χ4v) is 7.21. The van der Waals surface area contributed by atoms with Crippen LogP contribution >= 0.6 is 0 Å². The van der Waals surface area contributed by atoms with E-state index in [1.165, 1.54) is 19.1 Å². The molecule has 0 aliphatic heterocycles. The third kappa shape index (κ3) is 4.29. The van der Waals surface area contributed by atoms with Crippen LogP contribution in [0.5, 0.6) is 0 Å². The normalized spacial score (nSPS) is 35.7.